The van der Waals surface area contributed by atoms with Crippen LogP contribution >= 0.6 is 11.8 Å². The number of nitrogens with zero attached hydrogens (tertiary/aromatic N) is 2. The van der Waals surface area contributed by atoms with Gasteiger partial charge in [-0.1, -0.05) is 13.3 Å². The predicted octanol–water partition coefficient (Wildman–Crippen LogP) is 2.98. The molecule has 1 aliphatic carbocycles. The van der Waals surface area contributed by atoms with Gasteiger partial charge in [-0.25, -0.2) is 0 Å². The van der Waals surface area contributed by atoms with Crippen molar-refractivity contribution in [3.05, 3.63) is 17.5 Å². The first kappa shape index (κ1) is 13.9. The second-order valence-corrected chi connectivity index (χ2v) is 6.52. The van der Waals surface area contributed by atoms with Crippen molar-refractivity contribution in [1.29, 1.82) is 0 Å². The Balaban J connectivity index is 1.90. The summed E-state index contributed by atoms with van der Waals surface area (Å²) < 4.78 is 2.11. The predicted molar refractivity (Wildman–Crippen MR) is 79.0 cm³/mol. The van der Waals surface area contributed by atoms with Gasteiger partial charge in [0, 0.05) is 24.4 Å². The van der Waals surface area contributed by atoms with E-state index >= 15 is 0 Å². The lowest BCUT2D eigenvalue weighted by molar-refractivity contribution is 0.504. The largest absolute Gasteiger partial charge is 0.307 e. The maximum absolute atomic E-state index is 4.50. The number of rotatable bonds is 6. The Hall–Kier alpha value is -0.480. The summed E-state index contributed by atoms with van der Waals surface area (Å²) in [4.78, 5) is 0. The fourth-order valence-electron chi connectivity index (χ4n) is 2.82. The summed E-state index contributed by atoms with van der Waals surface area (Å²) in [6, 6.07) is 2.89. The molecule has 0 aromatic carbocycles. The third-order valence-corrected chi connectivity index (χ3v) is 4.99. The van der Waals surface area contributed by atoms with Crippen molar-refractivity contribution in [2.45, 2.75) is 64.4 Å². The maximum atomic E-state index is 4.50. The van der Waals surface area contributed by atoms with Crippen LogP contribution in [0.25, 0.3) is 0 Å². The molecule has 4 heteroatoms. The van der Waals surface area contributed by atoms with Gasteiger partial charge in [-0.05, 0) is 38.5 Å². The van der Waals surface area contributed by atoms with Gasteiger partial charge in [-0.2, -0.15) is 16.9 Å². The summed E-state index contributed by atoms with van der Waals surface area (Å²) in [5, 5.41) is 9.05. The Morgan fingerprint density at radius 2 is 2.28 bits per heavy atom. The first-order valence-corrected chi connectivity index (χ1v) is 8.17. The van der Waals surface area contributed by atoms with Crippen molar-refractivity contribution >= 4 is 11.8 Å². The summed E-state index contributed by atoms with van der Waals surface area (Å²) in [5.74, 6) is 1.23. The molecule has 0 amide bonds. The van der Waals surface area contributed by atoms with E-state index in [1.165, 1.54) is 30.7 Å². The standard InChI is InChI=1S/C14H25N3S/c1-4-17-12(9-11(3)16-17)10-15-13-7-6-8-14(13)18-5-2/h9,13-15H,4-8,10H2,1-3H3. The molecule has 1 aliphatic rings. The van der Waals surface area contributed by atoms with Crippen molar-refractivity contribution in [2.24, 2.45) is 0 Å². The van der Waals surface area contributed by atoms with E-state index in [1.54, 1.807) is 0 Å². The summed E-state index contributed by atoms with van der Waals surface area (Å²) >= 11 is 2.11. The minimum absolute atomic E-state index is 0.690. The van der Waals surface area contributed by atoms with Crippen LogP contribution in [0.4, 0.5) is 0 Å². The molecule has 0 spiro atoms. The Labute approximate surface area is 115 Å². The number of hydrogen-bond acceptors (Lipinski definition) is 3. The van der Waals surface area contributed by atoms with Gasteiger partial charge in [0.15, 0.2) is 0 Å². The number of aryl methyl sites for hydroxylation is 2. The Bertz CT molecular complexity index is 375. The molecule has 1 N–H and O–H groups in total. The van der Waals surface area contributed by atoms with Gasteiger partial charge in [-0.15, -0.1) is 0 Å². The molecule has 0 aliphatic heterocycles. The van der Waals surface area contributed by atoms with Crippen LogP contribution in [-0.2, 0) is 13.1 Å². The van der Waals surface area contributed by atoms with Gasteiger partial charge in [0.05, 0.1) is 11.4 Å². The molecule has 18 heavy (non-hydrogen) atoms. The Morgan fingerprint density at radius 3 is 3.00 bits per heavy atom. The van der Waals surface area contributed by atoms with Gasteiger partial charge in [0.2, 0.25) is 0 Å². The lowest BCUT2D eigenvalue weighted by atomic mass is 10.2. The zero-order chi connectivity index (χ0) is 13.0. The smallest absolute Gasteiger partial charge is 0.0597 e. The van der Waals surface area contributed by atoms with E-state index in [1.807, 2.05) is 0 Å². The highest BCUT2D eigenvalue weighted by atomic mass is 32.2. The number of hydrogen-bond donors (Lipinski definition) is 1. The highest BCUT2D eigenvalue weighted by molar-refractivity contribution is 7.99. The van der Waals surface area contributed by atoms with Crippen LogP contribution < -0.4 is 5.32 Å². The monoisotopic (exact) mass is 267 g/mol. The molecule has 1 saturated carbocycles. The molecule has 2 atom stereocenters. The number of aromatic nitrogens is 2. The van der Waals surface area contributed by atoms with Crippen molar-refractivity contribution in [3.8, 4) is 0 Å². The van der Waals surface area contributed by atoms with Crippen LogP contribution in [0.1, 0.15) is 44.5 Å². The first-order valence-electron chi connectivity index (χ1n) is 7.12. The minimum atomic E-state index is 0.690. The molecule has 2 rings (SSSR count). The summed E-state index contributed by atoms with van der Waals surface area (Å²) in [7, 11) is 0. The van der Waals surface area contributed by atoms with E-state index in [4.69, 9.17) is 0 Å². The molecule has 1 heterocycles. The highest BCUT2D eigenvalue weighted by Crippen LogP contribution is 2.30. The van der Waals surface area contributed by atoms with E-state index in [-0.39, 0.29) is 0 Å². The van der Waals surface area contributed by atoms with E-state index in [0.29, 0.717) is 6.04 Å². The van der Waals surface area contributed by atoms with Crippen LogP contribution in [0, 0.1) is 6.92 Å². The Kier molecular flexibility index (Phi) is 5.13. The van der Waals surface area contributed by atoms with Crippen molar-refractivity contribution < 1.29 is 0 Å². The zero-order valence-corrected chi connectivity index (χ0v) is 12.6. The van der Waals surface area contributed by atoms with Gasteiger partial charge in [0.1, 0.15) is 0 Å². The second kappa shape index (κ2) is 6.62. The quantitative estimate of drug-likeness (QED) is 0.859. The fourth-order valence-corrected chi connectivity index (χ4v) is 4.05. The molecule has 102 valence electrons. The van der Waals surface area contributed by atoms with E-state index < -0.39 is 0 Å². The number of nitrogens with one attached hydrogen (secondary N) is 1. The molecule has 0 saturated heterocycles. The normalized spacial score (nSPS) is 23.7. The number of thioether (sulfide) groups is 1. The SMILES string of the molecule is CCSC1CCCC1NCc1cc(C)nn1CC. The van der Waals surface area contributed by atoms with E-state index in [0.717, 1.165) is 24.0 Å². The average Bonchev–Trinajstić information content (AvgIpc) is 2.93. The van der Waals surface area contributed by atoms with Gasteiger partial charge < -0.3 is 5.32 Å². The van der Waals surface area contributed by atoms with Gasteiger partial charge in [0.25, 0.3) is 0 Å². The average molecular weight is 267 g/mol. The third-order valence-electron chi connectivity index (χ3n) is 3.66. The minimum Gasteiger partial charge on any atom is -0.307 e. The van der Waals surface area contributed by atoms with E-state index in [2.05, 4.69) is 53.7 Å². The molecule has 0 radical (unpaired) electrons. The van der Waals surface area contributed by atoms with Crippen molar-refractivity contribution in [1.82, 2.24) is 15.1 Å². The second-order valence-electron chi connectivity index (χ2n) is 5.00. The van der Waals surface area contributed by atoms with Crippen molar-refractivity contribution in [2.75, 3.05) is 5.75 Å². The van der Waals surface area contributed by atoms with Crippen LogP contribution in [0.3, 0.4) is 0 Å². The fraction of sp³-hybridized carbons (Fsp3) is 0.786. The topological polar surface area (TPSA) is 29.9 Å². The molecule has 3 nitrogen and oxygen atoms in total. The lowest BCUT2D eigenvalue weighted by Gasteiger charge is -2.20. The van der Waals surface area contributed by atoms with Gasteiger partial charge in [-0.3, -0.25) is 4.68 Å². The zero-order valence-electron chi connectivity index (χ0n) is 11.8. The maximum Gasteiger partial charge on any atom is 0.0597 e. The summed E-state index contributed by atoms with van der Waals surface area (Å²) in [6.45, 7) is 8.40. The first-order chi connectivity index (χ1) is 8.74. The molecule has 2 unspecified atom stereocenters. The third kappa shape index (κ3) is 3.29. The molecule has 1 fully saturated rings. The molecule has 0 bridgehead atoms. The van der Waals surface area contributed by atoms with E-state index in [9.17, 15) is 0 Å². The van der Waals surface area contributed by atoms with Gasteiger partial charge >= 0.3 is 0 Å². The lowest BCUT2D eigenvalue weighted by Crippen LogP contribution is -2.34. The summed E-state index contributed by atoms with van der Waals surface area (Å²) in [5.41, 5.74) is 2.45. The molecular formula is C14H25N3S. The molecule has 1 aromatic heterocycles. The van der Waals surface area contributed by atoms with Crippen LogP contribution in [0.15, 0.2) is 6.07 Å². The summed E-state index contributed by atoms with van der Waals surface area (Å²) in [6.07, 6.45) is 4.08. The molecular weight excluding hydrogens is 242 g/mol. The highest BCUT2D eigenvalue weighted by Gasteiger charge is 2.26. The van der Waals surface area contributed by atoms with Crippen LogP contribution in [-0.4, -0.2) is 26.8 Å². The van der Waals surface area contributed by atoms with Crippen molar-refractivity contribution in [3.63, 3.8) is 0 Å². The van der Waals surface area contributed by atoms with Crippen LogP contribution in [0.2, 0.25) is 0 Å². The Morgan fingerprint density at radius 1 is 1.44 bits per heavy atom. The molecule has 1 aromatic rings. The van der Waals surface area contributed by atoms with Crippen LogP contribution in [0.5, 0.6) is 0 Å².